The highest BCUT2D eigenvalue weighted by Crippen LogP contribution is 2.42. The van der Waals surface area contributed by atoms with E-state index in [1.54, 1.807) is 6.20 Å². The Balaban J connectivity index is 1.60. The summed E-state index contributed by atoms with van der Waals surface area (Å²) in [6, 6.07) is 0. The molecule has 3 rings (SSSR count). The molecule has 0 N–H and O–H groups in total. The van der Waals surface area contributed by atoms with Crippen LogP contribution in [0.15, 0.2) is 12.4 Å². The topological polar surface area (TPSA) is 66.4 Å². The quantitative estimate of drug-likeness (QED) is 0.778. The van der Waals surface area contributed by atoms with Crippen LogP contribution in [0.4, 0.5) is 5.82 Å². The summed E-state index contributed by atoms with van der Waals surface area (Å²) in [5.41, 5.74) is 0.115. The van der Waals surface area contributed by atoms with Gasteiger partial charge in [0.15, 0.2) is 0 Å². The second kappa shape index (κ2) is 3.79. The van der Waals surface area contributed by atoms with E-state index in [0.717, 1.165) is 18.9 Å². The Morgan fingerprint density at radius 2 is 1.89 bits per heavy atom. The van der Waals surface area contributed by atoms with E-state index in [0.29, 0.717) is 18.2 Å². The lowest BCUT2D eigenvalue weighted by Crippen LogP contribution is -2.73. The van der Waals surface area contributed by atoms with Gasteiger partial charge >= 0.3 is 0 Å². The van der Waals surface area contributed by atoms with Crippen LogP contribution in [0.25, 0.3) is 0 Å². The minimum atomic E-state index is -3.03. The third-order valence-electron chi connectivity index (χ3n) is 3.48. The highest BCUT2D eigenvalue weighted by molar-refractivity contribution is 7.88. The average Bonchev–Trinajstić information content (AvgIpc) is 2.14. The number of hydrogen-bond acceptors (Lipinski definition) is 5. The van der Waals surface area contributed by atoms with E-state index in [2.05, 4.69) is 14.9 Å². The molecular formula is C10H13ClN4O2S. The van der Waals surface area contributed by atoms with Crippen molar-refractivity contribution < 1.29 is 8.42 Å². The lowest BCUT2D eigenvalue weighted by Gasteiger charge is -2.59. The average molecular weight is 289 g/mol. The normalized spacial score (nSPS) is 22.7. The maximum absolute atomic E-state index is 11.3. The number of hydrogen-bond donors (Lipinski definition) is 0. The third kappa shape index (κ3) is 1.96. The van der Waals surface area contributed by atoms with E-state index in [-0.39, 0.29) is 5.41 Å². The van der Waals surface area contributed by atoms with Crippen molar-refractivity contribution in [3.05, 3.63) is 17.5 Å². The van der Waals surface area contributed by atoms with Crippen LogP contribution in [0.1, 0.15) is 0 Å². The van der Waals surface area contributed by atoms with Crippen LogP contribution in [0.3, 0.4) is 0 Å². The van der Waals surface area contributed by atoms with Crippen molar-refractivity contribution in [3.63, 3.8) is 0 Å². The third-order valence-corrected chi connectivity index (χ3v) is 4.87. The molecule has 1 aromatic heterocycles. The van der Waals surface area contributed by atoms with Crippen LogP contribution < -0.4 is 4.90 Å². The molecule has 0 radical (unpaired) electrons. The summed E-state index contributed by atoms with van der Waals surface area (Å²) in [5, 5.41) is 0.376. The Bertz CT molecular complexity index is 560. The largest absolute Gasteiger partial charge is 0.354 e. The van der Waals surface area contributed by atoms with Gasteiger partial charge in [-0.1, -0.05) is 11.6 Å². The second-order valence-electron chi connectivity index (χ2n) is 5.08. The molecule has 2 aliphatic rings. The standard InChI is InChI=1S/C10H13ClN4O2S/c1-18(16,17)15-6-10(7-15)4-14(5-10)9-3-12-8(11)2-13-9/h2-3H,4-7H2,1H3. The lowest BCUT2D eigenvalue weighted by atomic mass is 9.74. The molecule has 2 saturated heterocycles. The smallest absolute Gasteiger partial charge is 0.211 e. The van der Waals surface area contributed by atoms with E-state index in [1.165, 1.54) is 16.8 Å². The monoisotopic (exact) mass is 288 g/mol. The zero-order valence-corrected chi connectivity index (χ0v) is 11.4. The lowest BCUT2D eigenvalue weighted by molar-refractivity contribution is 0.0395. The molecule has 1 spiro atoms. The molecule has 6 nitrogen and oxygen atoms in total. The number of nitrogens with zero attached hydrogens (tertiary/aromatic N) is 4. The SMILES string of the molecule is CS(=O)(=O)N1CC2(CN(c3cnc(Cl)cn3)C2)C1. The van der Waals surface area contributed by atoms with Gasteiger partial charge in [-0.25, -0.2) is 22.7 Å². The van der Waals surface area contributed by atoms with E-state index < -0.39 is 10.0 Å². The van der Waals surface area contributed by atoms with Gasteiger partial charge in [-0.3, -0.25) is 0 Å². The maximum Gasteiger partial charge on any atom is 0.211 e. The first-order valence-electron chi connectivity index (χ1n) is 5.56. The Morgan fingerprint density at radius 3 is 2.39 bits per heavy atom. The van der Waals surface area contributed by atoms with Gasteiger partial charge in [0.2, 0.25) is 10.0 Å². The summed E-state index contributed by atoms with van der Waals surface area (Å²) in [6.45, 7) is 2.89. The van der Waals surface area contributed by atoms with Gasteiger partial charge in [-0.2, -0.15) is 0 Å². The summed E-state index contributed by atoms with van der Waals surface area (Å²) in [4.78, 5) is 10.3. The van der Waals surface area contributed by atoms with Crippen molar-refractivity contribution in [2.24, 2.45) is 5.41 Å². The van der Waals surface area contributed by atoms with Crippen molar-refractivity contribution in [3.8, 4) is 0 Å². The Morgan fingerprint density at radius 1 is 1.22 bits per heavy atom. The van der Waals surface area contributed by atoms with Gasteiger partial charge in [0.1, 0.15) is 11.0 Å². The molecule has 18 heavy (non-hydrogen) atoms. The second-order valence-corrected chi connectivity index (χ2v) is 7.45. The molecule has 0 aromatic carbocycles. The molecule has 0 amide bonds. The fourth-order valence-corrected chi connectivity index (χ4v) is 3.64. The Labute approximate surface area is 111 Å². The molecule has 98 valence electrons. The highest BCUT2D eigenvalue weighted by Gasteiger charge is 2.54. The van der Waals surface area contributed by atoms with Gasteiger partial charge in [0, 0.05) is 31.6 Å². The number of anilines is 1. The highest BCUT2D eigenvalue weighted by atomic mass is 35.5. The van der Waals surface area contributed by atoms with E-state index >= 15 is 0 Å². The molecule has 0 bridgehead atoms. The van der Waals surface area contributed by atoms with Gasteiger partial charge in [-0.05, 0) is 0 Å². The van der Waals surface area contributed by atoms with Crippen molar-refractivity contribution in [1.29, 1.82) is 0 Å². The van der Waals surface area contributed by atoms with Crippen molar-refractivity contribution >= 4 is 27.4 Å². The zero-order valence-electron chi connectivity index (χ0n) is 9.87. The molecular weight excluding hydrogens is 276 g/mol. The summed E-state index contributed by atoms with van der Waals surface area (Å²) in [5.74, 6) is 0.794. The molecule has 1 aromatic rings. The van der Waals surface area contributed by atoms with Crippen LogP contribution in [0.2, 0.25) is 5.15 Å². The van der Waals surface area contributed by atoms with E-state index in [9.17, 15) is 8.42 Å². The predicted molar refractivity (Wildman–Crippen MR) is 68.1 cm³/mol. The van der Waals surface area contributed by atoms with Crippen LogP contribution in [-0.2, 0) is 10.0 Å². The van der Waals surface area contributed by atoms with E-state index in [1.807, 2.05) is 0 Å². The zero-order chi connectivity index (χ0) is 13.0. The van der Waals surface area contributed by atoms with Crippen LogP contribution in [-0.4, -0.2) is 55.1 Å². The van der Waals surface area contributed by atoms with Crippen LogP contribution in [0.5, 0.6) is 0 Å². The Kier molecular flexibility index (Phi) is 2.55. The predicted octanol–water partition coefficient (Wildman–Crippen LogP) is 0.212. The van der Waals surface area contributed by atoms with Gasteiger partial charge in [-0.15, -0.1) is 0 Å². The van der Waals surface area contributed by atoms with E-state index in [4.69, 9.17) is 11.6 Å². The molecule has 0 unspecified atom stereocenters. The first kappa shape index (κ1) is 12.1. The minimum absolute atomic E-state index is 0.115. The molecule has 8 heteroatoms. The van der Waals surface area contributed by atoms with Crippen molar-refractivity contribution in [1.82, 2.24) is 14.3 Å². The first-order valence-corrected chi connectivity index (χ1v) is 7.78. The fraction of sp³-hybridized carbons (Fsp3) is 0.600. The number of aromatic nitrogens is 2. The maximum atomic E-state index is 11.3. The molecule has 0 saturated carbocycles. The first-order chi connectivity index (χ1) is 8.38. The summed E-state index contributed by atoms with van der Waals surface area (Å²) in [7, 11) is -3.03. The summed E-state index contributed by atoms with van der Waals surface area (Å²) in [6.07, 6.45) is 4.41. The summed E-state index contributed by atoms with van der Waals surface area (Å²) < 4.78 is 24.1. The van der Waals surface area contributed by atoms with Crippen LogP contribution >= 0.6 is 11.6 Å². The molecule has 3 heterocycles. The molecule has 0 atom stereocenters. The summed E-state index contributed by atoms with van der Waals surface area (Å²) >= 11 is 5.68. The minimum Gasteiger partial charge on any atom is -0.354 e. The van der Waals surface area contributed by atoms with Crippen molar-refractivity contribution in [2.45, 2.75) is 0 Å². The molecule has 2 fully saturated rings. The Hall–Kier alpha value is -0.920. The van der Waals surface area contributed by atoms with Crippen molar-refractivity contribution in [2.75, 3.05) is 37.3 Å². The number of rotatable bonds is 2. The fourth-order valence-electron chi connectivity index (χ4n) is 2.53. The molecule has 2 aliphatic heterocycles. The molecule has 0 aliphatic carbocycles. The number of halogens is 1. The van der Waals surface area contributed by atoms with Gasteiger partial charge in [0.05, 0.1) is 18.6 Å². The van der Waals surface area contributed by atoms with Gasteiger partial charge < -0.3 is 4.90 Å². The van der Waals surface area contributed by atoms with Gasteiger partial charge in [0.25, 0.3) is 0 Å². The number of sulfonamides is 1. The van der Waals surface area contributed by atoms with Crippen LogP contribution in [0, 0.1) is 5.41 Å².